The fourth-order valence-electron chi connectivity index (χ4n) is 7.16. The number of hydrogen-bond acceptors (Lipinski definition) is 20. The molecule has 0 aromatic carbocycles. The third kappa shape index (κ3) is 19.4. The number of carbonyl (C=O) groups is 10. The zero-order chi connectivity index (χ0) is 53.9. The average Bonchev–Trinajstić information content (AvgIpc) is 3.30. The van der Waals surface area contributed by atoms with Gasteiger partial charge in [0.2, 0.25) is 53.2 Å². The predicted molar refractivity (Wildman–Crippen MR) is 239 cm³/mol. The van der Waals surface area contributed by atoms with Gasteiger partial charge in [-0.05, 0) is 53.4 Å². The van der Waals surface area contributed by atoms with Crippen LogP contribution >= 0.6 is 0 Å². The lowest BCUT2D eigenvalue weighted by molar-refractivity contribution is -0.333. The molecule has 0 aromatic heterocycles. The van der Waals surface area contributed by atoms with Gasteiger partial charge in [-0.25, -0.2) is 0 Å². The molecule has 71 heavy (non-hydrogen) atoms. The summed E-state index contributed by atoms with van der Waals surface area (Å²) in [6.45, 7) is 5.31. The fourth-order valence-corrected chi connectivity index (χ4v) is 7.16. The quantitative estimate of drug-likeness (QED) is 0.0324. The summed E-state index contributed by atoms with van der Waals surface area (Å²) >= 11 is 0. The Morgan fingerprint density at radius 3 is 1.75 bits per heavy atom. The first-order chi connectivity index (χ1) is 33.3. The molecule has 2 saturated heterocycles. The van der Waals surface area contributed by atoms with Crippen molar-refractivity contribution in [3.8, 4) is 0 Å². The summed E-state index contributed by atoms with van der Waals surface area (Å²) in [4.78, 5) is 125. The summed E-state index contributed by atoms with van der Waals surface area (Å²) in [5, 5.41) is 80.5. The molecule has 404 valence electrons. The molecule has 16 atom stereocenters. The molecular formula is C41H70N10O20. The van der Waals surface area contributed by atoms with Crippen molar-refractivity contribution in [2.75, 3.05) is 26.3 Å². The van der Waals surface area contributed by atoms with Crippen LogP contribution in [0.3, 0.4) is 0 Å². The molecule has 2 heterocycles. The highest BCUT2D eigenvalue weighted by Crippen LogP contribution is 2.31. The van der Waals surface area contributed by atoms with E-state index < -0.39 is 183 Å². The van der Waals surface area contributed by atoms with Crippen molar-refractivity contribution in [3.63, 3.8) is 0 Å². The minimum Gasteiger partial charge on any atom is -0.480 e. The Bertz CT molecular complexity index is 1870. The molecule has 2 rings (SSSR count). The van der Waals surface area contributed by atoms with Crippen LogP contribution in [0.15, 0.2) is 0 Å². The first-order valence-electron chi connectivity index (χ1n) is 22.7. The van der Waals surface area contributed by atoms with Crippen LogP contribution in [-0.2, 0) is 66.9 Å². The smallest absolute Gasteiger partial charge is 0.325 e. The van der Waals surface area contributed by atoms with Crippen LogP contribution in [0.5, 0.6) is 0 Å². The van der Waals surface area contributed by atoms with Gasteiger partial charge in [0.25, 0.3) is 0 Å². The van der Waals surface area contributed by atoms with E-state index in [0.29, 0.717) is 6.42 Å². The van der Waals surface area contributed by atoms with E-state index in [1.54, 1.807) is 0 Å². The van der Waals surface area contributed by atoms with Crippen LogP contribution in [0.4, 0.5) is 0 Å². The van der Waals surface area contributed by atoms with Gasteiger partial charge in [-0.3, -0.25) is 47.9 Å². The fraction of sp³-hybridized carbons (Fsp3) is 0.756. The van der Waals surface area contributed by atoms with E-state index in [1.807, 2.05) is 0 Å². The first kappa shape index (κ1) is 61.4. The number of unbranched alkanes of at least 4 members (excludes halogenated alkanes) is 1. The number of aliphatic hydroxyl groups excluding tert-OH is 5. The highest BCUT2D eigenvalue weighted by Gasteiger charge is 2.53. The van der Waals surface area contributed by atoms with E-state index in [1.165, 1.54) is 27.7 Å². The van der Waals surface area contributed by atoms with Gasteiger partial charge in [0.15, 0.2) is 12.6 Å². The minimum atomic E-state index is -1.90. The maximum Gasteiger partial charge on any atom is 0.325 e. The van der Waals surface area contributed by atoms with E-state index in [4.69, 9.17) is 35.5 Å². The predicted octanol–water partition coefficient (Wildman–Crippen LogP) is -8.62. The summed E-state index contributed by atoms with van der Waals surface area (Å²) in [5.41, 5.74) is 10.8. The van der Waals surface area contributed by atoms with E-state index in [0.717, 1.165) is 13.8 Å². The Labute approximate surface area is 407 Å². The molecule has 18 N–H and O–H groups in total. The van der Waals surface area contributed by atoms with Crippen molar-refractivity contribution in [2.24, 2.45) is 11.5 Å². The second-order valence-corrected chi connectivity index (χ2v) is 17.0. The number of carboxylic acids is 1. The van der Waals surface area contributed by atoms with Crippen LogP contribution < -0.4 is 54.0 Å². The molecule has 2 aliphatic rings. The number of carbonyl (C=O) groups excluding carboxylic acids is 9. The van der Waals surface area contributed by atoms with Crippen molar-refractivity contribution >= 4 is 59.1 Å². The molecule has 0 bridgehead atoms. The van der Waals surface area contributed by atoms with Gasteiger partial charge in [-0.15, -0.1) is 0 Å². The Morgan fingerprint density at radius 2 is 1.20 bits per heavy atom. The van der Waals surface area contributed by atoms with E-state index in [2.05, 4.69) is 42.5 Å². The summed E-state index contributed by atoms with van der Waals surface area (Å²) in [7, 11) is 0. The third-order valence-corrected chi connectivity index (χ3v) is 11.1. The molecule has 0 aromatic rings. The molecule has 0 aliphatic carbocycles. The molecule has 2 aliphatic heterocycles. The third-order valence-electron chi connectivity index (χ3n) is 11.1. The van der Waals surface area contributed by atoms with Gasteiger partial charge < -0.3 is 104 Å². The maximum atomic E-state index is 13.6. The van der Waals surface area contributed by atoms with Crippen molar-refractivity contribution in [3.05, 3.63) is 0 Å². The molecule has 9 amide bonds. The molecular weight excluding hydrogens is 953 g/mol. The molecule has 30 nitrogen and oxygen atoms in total. The SMILES string of the molecule is CC(=O)NC1C(OC2C(CO)OC(O)C(NC(C)=O)C2OC(C)C(=O)NC(C)C(=O)NC(CCC(=O)NC(CCCCNC(=O)CN)C(=O)NC(C)C(=O)NC(C)C(=O)O)C(N)=O)OC(CO)C(O)C1O. The topological polar surface area (TPSA) is 477 Å². The summed E-state index contributed by atoms with van der Waals surface area (Å²) in [6.07, 6.45) is -15.2. The van der Waals surface area contributed by atoms with Gasteiger partial charge in [0.05, 0.1) is 19.8 Å². The zero-order valence-corrected chi connectivity index (χ0v) is 40.2. The van der Waals surface area contributed by atoms with Gasteiger partial charge in [-0.2, -0.15) is 0 Å². The van der Waals surface area contributed by atoms with Crippen LogP contribution in [0.25, 0.3) is 0 Å². The Balaban J connectivity index is 2.20. The first-order valence-corrected chi connectivity index (χ1v) is 22.7. The number of aliphatic carboxylic acids is 1. The second-order valence-electron chi connectivity index (χ2n) is 17.0. The van der Waals surface area contributed by atoms with Gasteiger partial charge in [-0.1, -0.05) is 0 Å². The van der Waals surface area contributed by atoms with Crippen molar-refractivity contribution in [1.29, 1.82) is 0 Å². The van der Waals surface area contributed by atoms with Crippen LogP contribution in [0, 0.1) is 0 Å². The normalized spacial score (nSPS) is 26.6. The van der Waals surface area contributed by atoms with E-state index in [-0.39, 0.29) is 25.9 Å². The molecule has 16 unspecified atom stereocenters. The number of ether oxygens (including phenoxy) is 4. The number of primary amides is 1. The molecule has 0 saturated carbocycles. The number of rotatable bonds is 28. The second kappa shape index (κ2) is 29.6. The monoisotopic (exact) mass is 1020 g/mol. The highest BCUT2D eigenvalue weighted by atomic mass is 16.7. The Kier molecular flexibility index (Phi) is 25.6. The standard InChI is InChI=1S/C41H70N10O20/c1-16(35(61)47-18(3)39(65)66)46-38(64)23(9-7-8-12-44-27(57)13-42)50-26(56)11-10-22(34(43)60)51-36(62)17(2)45-37(63)19(4)68-33-29(49-21(6)55)40(67)69-25(15-53)32(33)71-41-28(48-20(5)54)31(59)30(58)24(14-52)70-41/h16-19,22-25,28-33,40-41,52-53,58-59,67H,7-15,42H2,1-6H3,(H2,43,60)(H,44,57)(H,45,63)(H,46,64)(H,47,61)(H,48,54)(H,49,55)(H,50,56)(H,51,62)(H,65,66). The number of nitrogens with two attached hydrogens (primary N) is 2. The van der Waals surface area contributed by atoms with Crippen LogP contribution in [0.1, 0.15) is 73.6 Å². The number of aliphatic hydroxyl groups is 5. The summed E-state index contributed by atoms with van der Waals surface area (Å²) in [6, 6.07) is -9.78. The maximum absolute atomic E-state index is 13.6. The molecule has 2 fully saturated rings. The van der Waals surface area contributed by atoms with E-state index >= 15 is 0 Å². The van der Waals surface area contributed by atoms with Gasteiger partial charge >= 0.3 is 5.97 Å². The summed E-state index contributed by atoms with van der Waals surface area (Å²) < 4.78 is 23.2. The number of amides is 9. The lowest BCUT2D eigenvalue weighted by atomic mass is 9.94. The van der Waals surface area contributed by atoms with E-state index in [9.17, 15) is 73.5 Å². The van der Waals surface area contributed by atoms with Crippen LogP contribution in [-0.4, -0.2) is 214 Å². The lowest BCUT2D eigenvalue weighted by Gasteiger charge is -2.48. The van der Waals surface area contributed by atoms with Crippen molar-refractivity contribution < 1.29 is 97.5 Å². The number of nitrogens with one attached hydrogen (secondary N) is 8. The highest BCUT2D eigenvalue weighted by molar-refractivity contribution is 5.94. The Morgan fingerprint density at radius 1 is 0.634 bits per heavy atom. The number of hydrogen-bond donors (Lipinski definition) is 16. The summed E-state index contributed by atoms with van der Waals surface area (Å²) in [5.74, 6) is -8.68. The van der Waals surface area contributed by atoms with Gasteiger partial charge in [0, 0.05) is 26.8 Å². The Hall–Kier alpha value is -5.70. The molecule has 30 heteroatoms. The van der Waals surface area contributed by atoms with Crippen molar-refractivity contribution in [2.45, 2.75) is 171 Å². The molecule has 0 radical (unpaired) electrons. The zero-order valence-electron chi connectivity index (χ0n) is 40.2. The van der Waals surface area contributed by atoms with Crippen LogP contribution in [0.2, 0.25) is 0 Å². The average molecular weight is 1020 g/mol. The lowest BCUT2D eigenvalue weighted by Crippen LogP contribution is -2.70. The van der Waals surface area contributed by atoms with Gasteiger partial charge in [0.1, 0.15) is 85.0 Å². The van der Waals surface area contributed by atoms with Crippen molar-refractivity contribution in [1.82, 2.24) is 42.5 Å². The number of carboxylic acid groups (broad SMARTS) is 1. The molecule has 0 spiro atoms. The minimum absolute atomic E-state index is 0.00182. The largest absolute Gasteiger partial charge is 0.480 e.